The number of hydrogen-bond donors (Lipinski definition) is 1. The largest absolute Gasteiger partial charge is 0.469 e. The third-order valence-electron chi connectivity index (χ3n) is 3.08. The molecule has 2 aromatic rings. The number of methoxy groups -OCH3 is 1. The molecule has 1 aromatic heterocycles. The second-order valence-corrected chi connectivity index (χ2v) is 5.72. The van der Waals surface area contributed by atoms with Crippen LogP contribution in [0, 0.1) is 5.82 Å². The molecule has 1 atom stereocenters. The van der Waals surface area contributed by atoms with Crippen LogP contribution in [-0.4, -0.2) is 19.0 Å². The zero-order chi connectivity index (χ0) is 16.7. The fraction of sp³-hybridized carbons (Fsp3) is 0.176. The van der Waals surface area contributed by atoms with Crippen molar-refractivity contribution in [2.45, 2.75) is 12.5 Å². The maximum Gasteiger partial charge on any atom is 0.307 e. The van der Waals surface area contributed by atoms with Gasteiger partial charge in [-0.05, 0) is 35.2 Å². The lowest BCUT2D eigenvalue weighted by atomic mass is 10.1. The molecule has 0 radical (unpaired) electrons. The number of nitrogens with one attached hydrogen (secondary N) is 1. The number of halogens is 1. The second-order valence-electron chi connectivity index (χ2n) is 4.75. The molecule has 2 rings (SSSR count). The molecule has 1 unspecified atom stereocenters. The number of ether oxygens (including phenoxy) is 1. The molecule has 0 aliphatic rings. The summed E-state index contributed by atoms with van der Waals surface area (Å²) in [6.07, 6.45) is 2.88. The van der Waals surface area contributed by atoms with Crippen molar-refractivity contribution in [2.75, 3.05) is 7.11 Å². The molecule has 4 nitrogen and oxygen atoms in total. The topological polar surface area (TPSA) is 55.4 Å². The van der Waals surface area contributed by atoms with Crippen LogP contribution >= 0.6 is 11.3 Å². The average Bonchev–Trinajstić information content (AvgIpc) is 3.06. The van der Waals surface area contributed by atoms with Crippen LogP contribution in [0.4, 0.5) is 4.39 Å². The highest BCUT2D eigenvalue weighted by Gasteiger charge is 2.18. The molecular weight excluding hydrogens is 317 g/mol. The Morgan fingerprint density at radius 3 is 2.83 bits per heavy atom. The van der Waals surface area contributed by atoms with E-state index in [1.54, 1.807) is 12.1 Å². The highest BCUT2D eigenvalue weighted by Crippen LogP contribution is 2.22. The molecule has 0 saturated heterocycles. The lowest BCUT2D eigenvalue weighted by Crippen LogP contribution is -2.28. The number of benzene rings is 1. The third kappa shape index (κ3) is 5.34. The van der Waals surface area contributed by atoms with Crippen LogP contribution in [0.25, 0.3) is 6.08 Å². The predicted octanol–water partition coefficient (Wildman–Crippen LogP) is 3.32. The summed E-state index contributed by atoms with van der Waals surface area (Å²) < 4.78 is 17.7. The average molecular weight is 333 g/mol. The monoisotopic (exact) mass is 333 g/mol. The summed E-state index contributed by atoms with van der Waals surface area (Å²) in [4.78, 5) is 24.4. The Morgan fingerprint density at radius 2 is 2.17 bits per heavy atom. The van der Waals surface area contributed by atoms with Crippen LogP contribution in [0.1, 0.15) is 22.9 Å². The number of carbonyl (C=O) groups excluding carboxylic acids is 2. The fourth-order valence-corrected chi connectivity index (χ4v) is 2.74. The molecule has 0 aliphatic carbocycles. The van der Waals surface area contributed by atoms with Gasteiger partial charge >= 0.3 is 5.97 Å². The zero-order valence-electron chi connectivity index (χ0n) is 12.5. The minimum absolute atomic E-state index is 0.0521. The summed E-state index contributed by atoms with van der Waals surface area (Å²) >= 11 is 1.45. The van der Waals surface area contributed by atoms with E-state index in [4.69, 9.17) is 0 Å². The van der Waals surface area contributed by atoms with Gasteiger partial charge in [0.05, 0.1) is 19.6 Å². The smallest absolute Gasteiger partial charge is 0.307 e. The van der Waals surface area contributed by atoms with E-state index < -0.39 is 12.0 Å². The first-order valence-corrected chi connectivity index (χ1v) is 7.81. The van der Waals surface area contributed by atoms with Crippen LogP contribution < -0.4 is 5.32 Å². The normalized spacial score (nSPS) is 12.1. The Kier molecular flexibility index (Phi) is 6.05. The van der Waals surface area contributed by atoms with Crippen molar-refractivity contribution >= 4 is 29.3 Å². The summed E-state index contributed by atoms with van der Waals surface area (Å²) in [6, 6.07) is 9.16. The first-order valence-electron chi connectivity index (χ1n) is 6.93. The van der Waals surface area contributed by atoms with Crippen molar-refractivity contribution in [1.29, 1.82) is 0 Å². The van der Waals surface area contributed by atoms with Gasteiger partial charge in [-0.1, -0.05) is 18.2 Å². The van der Waals surface area contributed by atoms with Crippen LogP contribution in [0.3, 0.4) is 0 Å². The highest BCUT2D eigenvalue weighted by molar-refractivity contribution is 7.10. The lowest BCUT2D eigenvalue weighted by molar-refractivity contribution is -0.141. The SMILES string of the molecule is COC(=O)CC(NC(=O)/C=C/c1cccc(F)c1)c1cccs1. The first-order chi connectivity index (χ1) is 11.1. The summed E-state index contributed by atoms with van der Waals surface area (Å²) in [5.74, 6) is -1.14. The number of carbonyl (C=O) groups is 2. The van der Waals surface area contributed by atoms with Gasteiger partial charge in [-0.2, -0.15) is 0 Å². The third-order valence-corrected chi connectivity index (χ3v) is 4.06. The van der Waals surface area contributed by atoms with Gasteiger partial charge in [0, 0.05) is 11.0 Å². The van der Waals surface area contributed by atoms with Crippen molar-refractivity contribution in [2.24, 2.45) is 0 Å². The fourth-order valence-electron chi connectivity index (χ4n) is 1.96. The van der Waals surface area contributed by atoms with E-state index in [9.17, 15) is 14.0 Å². The lowest BCUT2D eigenvalue weighted by Gasteiger charge is -2.15. The first kappa shape index (κ1) is 16.9. The minimum atomic E-state index is -0.452. The molecule has 0 bridgehead atoms. The van der Waals surface area contributed by atoms with E-state index in [1.807, 2.05) is 17.5 Å². The molecular formula is C17H16FNO3S. The quantitative estimate of drug-likeness (QED) is 0.652. The van der Waals surface area contributed by atoms with Crippen molar-refractivity contribution in [3.8, 4) is 0 Å². The van der Waals surface area contributed by atoms with Crippen LogP contribution in [0.2, 0.25) is 0 Å². The van der Waals surface area contributed by atoms with Crippen molar-refractivity contribution in [3.63, 3.8) is 0 Å². The minimum Gasteiger partial charge on any atom is -0.469 e. The Bertz CT molecular complexity index is 698. The number of hydrogen-bond acceptors (Lipinski definition) is 4. The zero-order valence-corrected chi connectivity index (χ0v) is 13.3. The van der Waals surface area contributed by atoms with Gasteiger partial charge in [0.25, 0.3) is 0 Å². The second kappa shape index (κ2) is 8.24. The summed E-state index contributed by atoms with van der Waals surface area (Å²) in [6.45, 7) is 0. The predicted molar refractivity (Wildman–Crippen MR) is 87.3 cm³/mol. The Balaban J connectivity index is 2.04. The molecule has 1 aromatic carbocycles. The van der Waals surface area contributed by atoms with Crippen LogP contribution in [0.5, 0.6) is 0 Å². The van der Waals surface area contributed by atoms with Gasteiger partial charge in [0.1, 0.15) is 5.82 Å². The standard InChI is InChI=1S/C17H16FNO3S/c1-22-17(21)11-14(15-6-3-9-23-15)19-16(20)8-7-12-4-2-5-13(18)10-12/h2-10,14H,11H2,1H3,(H,19,20)/b8-7+. The van der Waals surface area contributed by atoms with E-state index in [1.165, 1.54) is 42.7 Å². The molecule has 120 valence electrons. The van der Waals surface area contributed by atoms with Crippen LogP contribution in [-0.2, 0) is 14.3 Å². The van der Waals surface area contributed by atoms with Gasteiger partial charge < -0.3 is 10.1 Å². The summed E-state index contributed by atoms with van der Waals surface area (Å²) in [7, 11) is 1.31. The van der Waals surface area contributed by atoms with Gasteiger partial charge in [-0.25, -0.2) is 4.39 Å². The van der Waals surface area contributed by atoms with E-state index in [0.29, 0.717) is 5.56 Å². The van der Waals surface area contributed by atoms with Crippen molar-refractivity contribution in [3.05, 3.63) is 64.1 Å². The van der Waals surface area contributed by atoms with E-state index in [2.05, 4.69) is 10.1 Å². The Hall–Kier alpha value is -2.47. The molecule has 23 heavy (non-hydrogen) atoms. The molecule has 0 saturated carbocycles. The van der Waals surface area contributed by atoms with Crippen molar-refractivity contribution < 1.29 is 18.7 Å². The molecule has 0 spiro atoms. The van der Waals surface area contributed by atoms with E-state index >= 15 is 0 Å². The Morgan fingerprint density at radius 1 is 1.35 bits per heavy atom. The Labute approximate surface area is 137 Å². The molecule has 0 fully saturated rings. The molecule has 1 N–H and O–H groups in total. The van der Waals surface area contributed by atoms with E-state index in [0.717, 1.165) is 4.88 Å². The number of esters is 1. The van der Waals surface area contributed by atoms with Gasteiger partial charge in [-0.15, -0.1) is 11.3 Å². The molecule has 1 amide bonds. The molecule has 6 heteroatoms. The summed E-state index contributed by atoms with van der Waals surface area (Å²) in [5.41, 5.74) is 0.584. The highest BCUT2D eigenvalue weighted by atomic mass is 32.1. The number of thiophene rings is 1. The summed E-state index contributed by atoms with van der Waals surface area (Å²) in [5, 5.41) is 4.63. The van der Waals surface area contributed by atoms with Crippen molar-refractivity contribution in [1.82, 2.24) is 5.32 Å². The number of amides is 1. The van der Waals surface area contributed by atoms with Gasteiger partial charge in [-0.3, -0.25) is 9.59 Å². The number of rotatable bonds is 6. The van der Waals surface area contributed by atoms with Gasteiger partial charge in [0.2, 0.25) is 5.91 Å². The molecule has 0 aliphatic heterocycles. The molecule has 1 heterocycles. The van der Waals surface area contributed by atoms with Gasteiger partial charge in [0.15, 0.2) is 0 Å². The maximum absolute atomic E-state index is 13.1. The van der Waals surface area contributed by atoms with Crippen LogP contribution in [0.15, 0.2) is 47.9 Å². The maximum atomic E-state index is 13.1. The van der Waals surface area contributed by atoms with E-state index in [-0.39, 0.29) is 18.1 Å².